The first-order valence-electron chi connectivity index (χ1n) is 3.30. The Morgan fingerprint density at radius 3 is 0.565 bits per heavy atom. The monoisotopic (exact) mass is 428 g/mol. The molecule has 0 aliphatic rings. The summed E-state index contributed by atoms with van der Waals surface area (Å²) in [6, 6.07) is 0. The predicted molar refractivity (Wildman–Crippen MR) is 56.7 cm³/mol. The Morgan fingerprint density at radius 2 is 0.565 bits per heavy atom. The van der Waals surface area contributed by atoms with Crippen molar-refractivity contribution in [2.75, 3.05) is 0 Å². The average Bonchev–Trinajstić information content (AvgIpc) is 2.12. The van der Waals surface area contributed by atoms with Crippen LogP contribution in [0.1, 0.15) is 0 Å². The minimum Gasteiger partial charge on any atom is -0.473 e. The van der Waals surface area contributed by atoms with Gasteiger partial charge in [-0.05, 0) is 0 Å². The Kier molecular flexibility index (Phi) is 43.1. The molecule has 21 heteroatoms. The standard InChI is InChI=1S/C2H2O4.4NO3.Zr/c3-1(4)2(5)6;4*2-1(3)4;/h(H,3,4)(H,5,6);;;;;/q;4*-1;+4. The zero-order chi connectivity index (χ0) is 19.5. The van der Waals surface area contributed by atoms with Crippen molar-refractivity contribution in [2.24, 2.45) is 0 Å². The summed E-state index contributed by atoms with van der Waals surface area (Å²) in [5.41, 5.74) is 0. The molecule has 0 aliphatic carbocycles. The number of aliphatic carboxylic acids is 2. The molecular formula is C2H2N4O16Zr. The molecule has 0 aromatic carbocycles. The second-order valence-corrected chi connectivity index (χ2v) is 1.50. The quantitative estimate of drug-likeness (QED) is 0.243. The van der Waals surface area contributed by atoms with E-state index in [4.69, 9.17) is 81.1 Å². The minimum atomic E-state index is -1.82. The minimum absolute atomic E-state index is 0. The largest absolute Gasteiger partial charge is 4.00 e. The van der Waals surface area contributed by atoms with E-state index >= 15 is 0 Å². The van der Waals surface area contributed by atoms with Crippen molar-refractivity contribution in [2.45, 2.75) is 0 Å². The Labute approximate surface area is 140 Å². The number of nitrogens with zero attached hydrogens (tertiary/aromatic N) is 4. The van der Waals surface area contributed by atoms with Crippen LogP contribution < -0.4 is 0 Å². The van der Waals surface area contributed by atoms with Gasteiger partial charge in [0.25, 0.3) is 0 Å². The summed E-state index contributed by atoms with van der Waals surface area (Å²) >= 11 is 0. The van der Waals surface area contributed by atoms with Gasteiger partial charge in [0.1, 0.15) is 0 Å². The van der Waals surface area contributed by atoms with Crippen molar-refractivity contribution in [1.29, 1.82) is 0 Å². The fourth-order valence-corrected chi connectivity index (χ4v) is 0. The summed E-state index contributed by atoms with van der Waals surface area (Å²) in [6.45, 7) is 0. The first kappa shape index (κ1) is 36.7. The van der Waals surface area contributed by atoms with E-state index in [0.717, 1.165) is 0 Å². The van der Waals surface area contributed by atoms with Crippen LogP contribution in [0.15, 0.2) is 0 Å². The molecule has 2 N–H and O–H groups in total. The van der Waals surface area contributed by atoms with Crippen molar-refractivity contribution in [3.63, 3.8) is 0 Å². The number of carboxylic acids is 2. The molecule has 23 heavy (non-hydrogen) atoms. The van der Waals surface area contributed by atoms with E-state index < -0.39 is 32.3 Å². The molecule has 0 radical (unpaired) electrons. The van der Waals surface area contributed by atoms with Crippen molar-refractivity contribution < 1.29 is 66.4 Å². The normalized spacial score (nSPS) is 6.09. The van der Waals surface area contributed by atoms with Gasteiger partial charge in [-0.1, -0.05) is 0 Å². The molecule has 0 unspecified atom stereocenters. The summed E-state index contributed by atoms with van der Waals surface area (Å²) in [4.78, 5) is 51.2. The van der Waals surface area contributed by atoms with Gasteiger partial charge in [-0.25, -0.2) is 9.59 Å². The molecule has 20 nitrogen and oxygen atoms in total. The molecular weight excluding hydrogens is 427 g/mol. The molecule has 0 fully saturated rings. The van der Waals surface area contributed by atoms with E-state index in [1.54, 1.807) is 0 Å². The first-order valence-corrected chi connectivity index (χ1v) is 3.30. The van der Waals surface area contributed by atoms with E-state index in [-0.39, 0.29) is 26.2 Å². The third-order valence-corrected chi connectivity index (χ3v) is 0.183. The van der Waals surface area contributed by atoms with Gasteiger partial charge in [0.05, 0.1) is 20.3 Å². The molecule has 0 saturated carbocycles. The maximum absolute atomic E-state index is 9.10. The number of hydrogen-bond acceptors (Lipinski definition) is 14. The molecule has 130 valence electrons. The van der Waals surface area contributed by atoms with E-state index in [1.807, 2.05) is 0 Å². The number of carbonyl (C=O) groups is 2. The Morgan fingerprint density at radius 1 is 0.522 bits per heavy atom. The smallest absolute Gasteiger partial charge is 0.473 e. The second kappa shape index (κ2) is 27.0. The molecule has 0 bridgehead atoms. The van der Waals surface area contributed by atoms with Crippen molar-refractivity contribution >= 4 is 11.9 Å². The Bertz CT molecular complexity index is 302. The molecule has 0 spiro atoms. The van der Waals surface area contributed by atoms with Gasteiger partial charge in [-0.3, -0.25) is 0 Å². The van der Waals surface area contributed by atoms with Crippen LogP contribution in [-0.2, 0) is 35.8 Å². The average molecular weight is 429 g/mol. The Balaban J connectivity index is -0.0000000393. The second-order valence-electron chi connectivity index (χ2n) is 1.50. The van der Waals surface area contributed by atoms with Crippen LogP contribution in [0, 0.1) is 61.3 Å². The van der Waals surface area contributed by atoms with E-state index in [2.05, 4.69) is 0 Å². The molecule has 0 amide bonds. The molecule has 0 saturated heterocycles. The predicted octanol–water partition coefficient (Wildman–Crippen LogP) is -1.80. The molecule has 0 aliphatic heterocycles. The molecule has 0 heterocycles. The van der Waals surface area contributed by atoms with Crippen LogP contribution in [0.25, 0.3) is 0 Å². The van der Waals surface area contributed by atoms with Crippen LogP contribution in [0.3, 0.4) is 0 Å². The van der Waals surface area contributed by atoms with Crippen LogP contribution >= 0.6 is 0 Å². The van der Waals surface area contributed by atoms with Gasteiger partial charge >= 0.3 is 38.1 Å². The van der Waals surface area contributed by atoms with Crippen LogP contribution in [-0.4, -0.2) is 42.5 Å². The fourth-order valence-electron chi connectivity index (χ4n) is 0. The third kappa shape index (κ3) is 13300. The SMILES string of the molecule is O=C(O)C(=O)O.O=[N+]([O-])[O-].O=[N+]([O-])[O-].O=[N+]([O-])[O-].O=[N+]([O-])[O-].[Zr+4]. The molecule has 0 aromatic rings. The summed E-state index contributed by atoms with van der Waals surface area (Å²) in [5.74, 6) is -3.65. The van der Waals surface area contributed by atoms with Crippen molar-refractivity contribution in [3.8, 4) is 0 Å². The number of rotatable bonds is 0. The zero-order valence-electron chi connectivity index (χ0n) is 9.90. The van der Waals surface area contributed by atoms with Gasteiger partial charge < -0.3 is 71.5 Å². The Hall–Kier alpha value is -3.38. The summed E-state index contributed by atoms with van der Waals surface area (Å²) in [7, 11) is 0. The van der Waals surface area contributed by atoms with Crippen molar-refractivity contribution in [1.82, 2.24) is 0 Å². The maximum atomic E-state index is 9.10. The van der Waals surface area contributed by atoms with Crippen LogP contribution in [0.2, 0.25) is 0 Å². The third-order valence-electron chi connectivity index (χ3n) is 0.183. The van der Waals surface area contributed by atoms with Gasteiger partial charge in [0.15, 0.2) is 0 Å². The number of hydrogen-bond donors (Lipinski definition) is 2. The molecule has 0 rings (SSSR count). The zero-order valence-corrected chi connectivity index (χ0v) is 12.4. The van der Waals surface area contributed by atoms with E-state index in [9.17, 15) is 0 Å². The maximum Gasteiger partial charge on any atom is 4.00 e. The summed E-state index contributed by atoms with van der Waals surface area (Å²) in [6.07, 6.45) is 0. The van der Waals surface area contributed by atoms with Crippen LogP contribution in [0.4, 0.5) is 0 Å². The van der Waals surface area contributed by atoms with E-state index in [0.29, 0.717) is 0 Å². The molecule has 0 aromatic heterocycles. The van der Waals surface area contributed by atoms with Gasteiger partial charge in [-0.15, -0.1) is 0 Å². The van der Waals surface area contributed by atoms with Gasteiger partial charge in [0.2, 0.25) is 0 Å². The first-order chi connectivity index (χ1) is 9.57. The molecule has 0 atom stereocenters. The summed E-state index contributed by atoms with van der Waals surface area (Å²) in [5, 5.41) is 73.8. The van der Waals surface area contributed by atoms with Crippen molar-refractivity contribution in [3.05, 3.63) is 61.3 Å². The topological polar surface area (TPSA) is 339 Å². The fraction of sp³-hybridized carbons (Fsp3) is 0. The van der Waals surface area contributed by atoms with Crippen LogP contribution in [0.5, 0.6) is 0 Å². The summed E-state index contributed by atoms with van der Waals surface area (Å²) < 4.78 is 0. The number of carboxylic acid groups (broad SMARTS) is 2. The van der Waals surface area contributed by atoms with E-state index in [1.165, 1.54) is 0 Å². The van der Waals surface area contributed by atoms with Gasteiger partial charge in [0, 0.05) is 0 Å². The van der Waals surface area contributed by atoms with Gasteiger partial charge in [-0.2, -0.15) is 0 Å².